The number of alkyl halides is 3. The summed E-state index contributed by atoms with van der Waals surface area (Å²) < 4.78 is 44.6. The molecule has 0 aromatic heterocycles. The number of aliphatic hydroxyl groups excluding tert-OH is 1. The van der Waals surface area contributed by atoms with Crippen molar-refractivity contribution in [3.8, 4) is 5.75 Å². The van der Waals surface area contributed by atoms with E-state index in [9.17, 15) is 27.9 Å². The summed E-state index contributed by atoms with van der Waals surface area (Å²) in [5.41, 5.74) is -0.139. The Morgan fingerprint density at radius 2 is 1.77 bits per heavy atom. The summed E-state index contributed by atoms with van der Waals surface area (Å²) >= 11 is 0. The van der Waals surface area contributed by atoms with Crippen molar-refractivity contribution in [3.05, 3.63) is 64.7 Å². The predicted octanol–water partition coefficient (Wildman–Crippen LogP) is 5.38. The Labute approximate surface area is 202 Å². The molecule has 0 unspecified atom stereocenters. The standard InChI is InChI=1S/C25H30F3NO6/c1-16-13-18(9-10-22(16)35-34-17(2)30)11-12-29(23(32)33-24(3,4)5)15-21(31)19-7-6-8-20(14-19)25(26,27)28/h6-10,13-14,21,31H,11-12,15H2,1-5H3/t21-/m0/s1. The maximum Gasteiger partial charge on any atom is 0.416 e. The lowest BCUT2D eigenvalue weighted by Crippen LogP contribution is -2.40. The summed E-state index contributed by atoms with van der Waals surface area (Å²) in [5.74, 6) is -0.242. The van der Waals surface area contributed by atoms with Gasteiger partial charge in [-0.05, 0) is 69.0 Å². The van der Waals surface area contributed by atoms with Crippen molar-refractivity contribution in [1.82, 2.24) is 4.90 Å². The minimum atomic E-state index is -4.55. The first-order valence-corrected chi connectivity index (χ1v) is 10.9. The van der Waals surface area contributed by atoms with Gasteiger partial charge in [-0.15, -0.1) is 0 Å². The van der Waals surface area contributed by atoms with Crippen molar-refractivity contribution in [1.29, 1.82) is 0 Å². The Bertz CT molecular complexity index is 1030. The number of aryl methyl sites for hydroxylation is 1. The van der Waals surface area contributed by atoms with Crippen LogP contribution >= 0.6 is 0 Å². The Hall–Kier alpha value is -3.27. The molecule has 0 fully saturated rings. The topological polar surface area (TPSA) is 85.3 Å². The molecule has 0 aliphatic heterocycles. The number of ether oxygens (including phenoxy) is 1. The van der Waals surface area contributed by atoms with E-state index in [0.29, 0.717) is 17.7 Å². The second-order valence-corrected chi connectivity index (χ2v) is 9.07. The second-order valence-electron chi connectivity index (χ2n) is 9.07. The molecule has 0 aliphatic carbocycles. The highest BCUT2D eigenvalue weighted by Crippen LogP contribution is 2.31. The van der Waals surface area contributed by atoms with Crippen molar-refractivity contribution in [3.63, 3.8) is 0 Å². The third kappa shape index (κ3) is 9.12. The van der Waals surface area contributed by atoms with Crippen LogP contribution in [0.15, 0.2) is 42.5 Å². The molecule has 0 spiro atoms. The summed E-state index contributed by atoms with van der Waals surface area (Å²) in [6, 6.07) is 9.49. The number of nitrogens with zero attached hydrogens (tertiary/aromatic N) is 1. The zero-order chi connectivity index (χ0) is 26.4. The van der Waals surface area contributed by atoms with Crippen LogP contribution in [0.5, 0.6) is 5.75 Å². The summed E-state index contributed by atoms with van der Waals surface area (Å²) in [6.45, 7) is 7.91. The molecule has 0 radical (unpaired) electrons. The van der Waals surface area contributed by atoms with Crippen molar-refractivity contribution >= 4 is 12.1 Å². The van der Waals surface area contributed by atoms with E-state index in [4.69, 9.17) is 9.62 Å². The van der Waals surface area contributed by atoms with Crippen LogP contribution in [-0.2, 0) is 27.0 Å². The number of carbonyl (C=O) groups is 2. The summed E-state index contributed by atoms with van der Waals surface area (Å²) in [7, 11) is 0. The molecule has 2 aromatic carbocycles. The van der Waals surface area contributed by atoms with Gasteiger partial charge < -0.3 is 14.7 Å². The van der Waals surface area contributed by atoms with Gasteiger partial charge in [0.1, 0.15) is 5.60 Å². The molecule has 2 aromatic rings. The number of carbonyl (C=O) groups excluding carboxylic acids is 2. The summed E-state index contributed by atoms with van der Waals surface area (Å²) in [5, 5.41) is 10.6. The maximum absolute atomic E-state index is 13.1. The van der Waals surface area contributed by atoms with Gasteiger partial charge in [0.05, 0.1) is 18.2 Å². The van der Waals surface area contributed by atoms with E-state index in [1.54, 1.807) is 45.9 Å². The van der Waals surface area contributed by atoms with Gasteiger partial charge in [-0.2, -0.15) is 13.2 Å². The lowest BCUT2D eigenvalue weighted by atomic mass is 10.0. The first kappa shape index (κ1) is 28.0. The summed E-state index contributed by atoms with van der Waals surface area (Å²) in [4.78, 5) is 34.5. The van der Waals surface area contributed by atoms with Gasteiger partial charge in [-0.3, -0.25) is 9.78 Å². The van der Waals surface area contributed by atoms with Crippen molar-refractivity contribution in [2.75, 3.05) is 13.1 Å². The monoisotopic (exact) mass is 497 g/mol. The van der Waals surface area contributed by atoms with E-state index < -0.39 is 35.5 Å². The molecule has 10 heteroatoms. The van der Waals surface area contributed by atoms with Gasteiger partial charge in [0.25, 0.3) is 0 Å². The summed E-state index contributed by atoms with van der Waals surface area (Å²) in [6.07, 6.45) is -6.24. The fraction of sp³-hybridized carbons (Fsp3) is 0.440. The van der Waals surface area contributed by atoms with Gasteiger partial charge >= 0.3 is 18.2 Å². The van der Waals surface area contributed by atoms with Crippen LogP contribution in [0.25, 0.3) is 0 Å². The molecule has 7 nitrogen and oxygen atoms in total. The van der Waals surface area contributed by atoms with E-state index in [1.165, 1.54) is 24.0 Å². The van der Waals surface area contributed by atoms with E-state index >= 15 is 0 Å². The first-order valence-electron chi connectivity index (χ1n) is 10.9. The number of aliphatic hydroxyl groups is 1. The Kier molecular flexibility index (Phi) is 9.14. The number of rotatable bonds is 8. The number of hydrogen-bond donors (Lipinski definition) is 1. The molecule has 0 bridgehead atoms. The van der Waals surface area contributed by atoms with E-state index in [1.807, 2.05) is 0 Å². The molecular formula is C25H30F3NO6. The normalized spacial score (nSPS) is 12.6. The average Bonchev–Trinajstić information content (AvgIpc) is 2.74. The SMILES string of the molecule is CC(=O)OOc1ccc(CCN(C[C@H](O)c2cccc(C(F)(F)F)c2)C(=O)OC(C)(C)C)cc1C. The number of amides is 1. The zero-order valence-electron chi connectivity index (χ0n) is 20.3. The predicted molar refractivity (Wildman–Crippen MR) is 121 cm³/mol. The van der Waals surface area contributed by atoms with Crippen LogP contribution in [0.4, 0.5) is 18.0 Å². The van der Waals surface area contributed by atoms with Gasteiger partial charge in [0, 0.05) is 13.5 Å². The largest absolute Gasteiger partial charge is 0.444 e. The quantitative estimate of drug-likeness (QED) is 0.389. The lowest BCUT2D eigenvalue weighted by molar-refractivity contribution is -0.211. The van der Waals surface area contributed by atoms with Crippen molar-refractivity contribution < 1.29 is 42.4 Å². The minimum Gasteiger partial charge on any atom is -0.444 e. The smallest absolute Gasteiger partial charge is 0.416 e. The number of benzene rings is 2. The van der Waals surface area contributed by atoms with Crippen LogP contribution < -0.4 is 4.89 Å². The van der Waals surface area contributed by atoms with Crippen LogP contribution in [-0.4, -0.2) is 40.8 Å². The zero-order valence-corrected chi connectivity index (χ0v) is 20.3. The van der Waals surface area contributed by atoms with Crippen LogP contribution in [0.3, 0.4) is 0 Å². The van der Waals surface area contributed by atoms with Gasteiger partial charge in [-0.25, -0.2) is 9.59 Å². The van der Waals surface area contributed by atoms with E-state index in [0.717, 1.165) is 17.7 Å². The molecule has 35 heavy (non-hydrogen) atoms. The second kappa shape index (κ2) is 11.4. The van der Waals surface area contributed by atoms with Gasteiger partial charge in [0.15, 0.2) is 5.75 Å². The first-order chi connectivity index (χ1) is 16.2. The molecule has 0 saturated heterocycles. The van der Waals surface area contributed by atoms with Crippen molar-refractivity contribution in [2.45, 2.75) is 58.9 Å². The molecule has 0 aliphatic rings. The van der Waals surface area contributed by atoms with Crippen LogP contribution in [0.1, 0.15) is 56.1 Å². The molecular weight excluding hydrogens is 467 g/mol. The molecule has 0 saturated carbocycles. The Balaban J connectivity index is 2.17. The van der Waals surface area contributed by atoms with Crippen LogP contribution in [0, 0.1) is 6.92 Å². The minimum absolute atomic E-state index is 0.0381. The maximum atomic E-state index is 13.1. The number of hydrogen-bond acceptors (Lipinski definition) is 6. The third-order valence-electron chi connectivity index (χ3n) is 4.80. The number of halogens is 3. The van der Waals surface area contributed by atoms with Gasteiger partial charge in [0.2, 0.25) is 0 Å². The van der Waals surface area contributed by atoms with E-state index in [-0.39, 0.29) is 18.7 Å². The fourth-order valence-electron chi connectivity index (χ4n) is 3.15. The Morgan fingerprint density at radius 1 is 1.09 bits per heavy atom. The lowest BCUT2D eigenvalue weighted by Gasteiger charge is -2.29. The highest BCUT2D eigenvalue weighted by atomic mass is 19.4. The molecule has 1 atom stereocenters. The fourth-order valence-corrected chi connectivity index (χ4v) is 3.15. The molecule has 0 heterocycles. The van der Waals surface area contributed by atoms with Crippen LogP contribution in [0.2, 0.25) is 0 Å². The van der Waals surface area contributed by atoms with E-state index in [2.05, 4.69) is 4.89 Å². The van der Waals surface area contributed by atoms with Crippen molar-refractivity contribution in [2.24, 2.45) is 0 Å². The molecule has 1 N–H and O–H groups in total. The third-order valence-corrected chi connectivity index (χ3v) is 4.80. The average molecular weight is 498 g/mol. The molecule has 2 rings (SSSR count). The Morgan fingerprint density at radius 3 is 2.34 bits per heavy atom. The van der Waals surface area contributed by atoms with Gasteiger partial charge in [-0.1, -0.05) is 24.3 Å². The molecule has 192 valence electrons. The highest BCUT2D eigenvalue weighted by Gasteiger charge is 2.31. The highest BCUT2D eigenvalue weighted by molar-refractivity contribution is 5.68. The molecule has 1 amide bonds.